The largest absolute Gasteiger partial charge is 0.744 e. The highest BCUT2D eigenvalue weighted by Gasteiger charge is 2.18. The van der Waals surface area contributed by atoms with Crippen molar-refractivity contribution < 1.29 is 17.8 Å². The molecule has 0 spiro atoms. The molecule has 2 heterocycles. The lowest BCUT2D eigenvalue weighted by Crippen LogP contribution is -2.14. The molecule has 0 saturated carbocycles. The van der Waals surface area contributed by atoms with Gasteiger partial charge in [-0.3, -0.25) is 4.79 Å². The predicted octanol–water partition coefficient (Wildman–Crippen LogP) is 8.38. The number of hydrogen-bond donors (Lipinski definition) is 2. The van der Waals surface area contributed by atoms with Gasteiger partial charge in [-0.2, -0.15) is 0 Å². The molecule has 6 aromatic rings. The summed E-state index contributed by atoms with van der Waals surface area (Å²) in [7, 11) is -4.63. The first-order valence-corrected chi connectivity index (χ1v) is 16.2. The molecular weight excluding hydrogens is 601 g/mol. The summed E-state index contributed by atoms with van der Waals surface area (Å²) in [6, 6.07) is 24.4. The summed E-state index contributed by atoms with van der Waals surface area (Å²) in [4.78, 5) is 21.9. The highest BCUT2D eigenvalue weighted by atomic mass is 32.2. The van der Waals surface area contributed by atoms with Crippen LogP contribution in [0, 0.1) is 6.92 Å². The van der Waals surface area contributed by atoms with Crippen molar-refractivity contribution in [2.45, 2.75) is 38.0 Å². The van der Waals surface area contributed by atoms with Crippen LogP contribution in [0.2, 0.25) is 0 Å². The van der Waals surface area contributed by atoms with E-state index in [-0.39, 0.29) is 22.4 Å². The van der Waals surface area contributed by atoms with Gasteiger partial charge in [0.25, 0.3) is 5.91 Å². The van der Waals surface area contributed by atoms with Gasteiger partial charge in [0, 0.05) is 22.4 Å². The van der Waals surface area contributed by atoms with Crippen LogP contribution in [0.25, 0.3) is 41.6 Å². The third-order valence-electron chi connectivity index (χ3n) is 7.00. The Morgan fingerprint density at radius 2 is 1.42 bits per heavy atom. The number of amides is 1. The van der Waals surface area contributed by atoms with Gasteiger partial charge in [0.2, 0.25) is 0 Å². The fourth-order valence-electron chi connectivity index (χ4n) is 4.70. The molecule has 6 rings (SSSR count). The molecule has 0 aliphatic carbocycles. The number of rotatable bonds is 5. The lowest BCUT2D eigenvalue weighted by molar-refractivity contribution is 0.102. The Hall–Kier alpha value is -4.00. The second-order valence-electron chi connectivity index (χ2n) is 11.1. The Kier molecular flexibility index (Phi) is 7.97. The van der Waals surface area contributed by atoms with Crippen molar-refractivity contribution in [1.29, 1.82) is 0 Å². The Morgan fingerprint density at radius 3 is 2.07 bits per heavy atom. The van der Waals surface area contributed by atoms with E-state index in [1.165, 1.54) is 28.2 Å². The van der Waals surface area contributed by atoms with E-state index >= 15 is 0 Å². The second-order valence-corrected chi connectivity index (χ2v) is 14.4. The molecule has 0 fully saturated rings. The van der Waals surface area contributed by atoms with Crippen LogP contribution in [-0.4, -0.2) is 28.8 Å². The first-order valence-electron chi connectivity index (χ1n) is 13.2. The maximum atomic E-state index is 12.8. The van der Waals surface area contributed by atoms with Gasteiger partial charge in [-0.1, -0.05) is 39.0 Å². The molecule has 0 radical (unpaired) electrons. The van der Waals surface area contributed by atoms with E-state index in [9.17, 15) is 17.8 Å². The van der Waals surface area contributed by atoms with Crippen LogP contribution in [0.15, 0.2) is 83.8 Å². The maximum Gasteiger partial charge on any atom is 0.255 e. The van der Waals surface area contributed by atoms with Gasteiger partial charge in [-0.25, -0.2) is 18.4 Å². The number of thiazole rings is 2. The minimum absolute atomic E-state index is 0. The Labute approximate surface area is 257 Å². The first kappa shape index (κ1) is 30.5. The van der Waals surface area contributed by atoms with E-state index in [2.05, 4.69) is 31.1 Å². The van der Waals surface area contributed by atoms with Gasteiger partial charge in [0.05, 0.1) is 25.3 Å². The lowest BCUT2D eigenvalue weighted by atomic mass is 9.87. The summed E-state index contributed by atoms with van der Waals surface area (Å²) in [6.07, 6.45) is 0. The van der Waals surface area contributed by atoms with Crippen molar-refractivity contribution in [3.05, 3.63) is 95.6 Å². The summed E-state index contributed by atoms with van der Waals surface area (Å²) in [5, 5.41) is 4.42. The number of nitrogens with one attached hydrogen (secondary N) is 1. The maximum absolute atomic E-state index is 12.8. The Balaban J connectivity index is 0.00000368. The molecule has 5 N–H and O–H groups in total. The fourth-order valence-corrected chi connectivity index (χ4v) is 7.99. The summed E-state index contributed by atoms with van der Waals surface area (Å²) in [5.41, 5.74) is 5.95. The van der Waals surface area contributed by atoms with Crippen LogP contribution in [0.3, 0.4) is 0 Å². The molecule has 0 atom stereocenters. The molecule has 0 aliphatic heterocycles. The fraction of sp³-hybridized carbons (Fsp3) is 0.156. The van der Waals surface area contributed by atoms with Gasteiger partial charge in [-0.15, -0.1) is 22.7 Å². The lowest BCUT2D eigenvalue weighted by Gasteiger charge is -2.19. The average molecular weight is 631 g/mol. The predicted molar refractivity (Wildman–Crippen MR) is 175 cm³/mol. The Bertz CT molecular complexity index is 2090. The number of benzene rings is 4. The number of carbonyl (C=O) groups is 1. The minimum atomic E-state index is -4.63. The molecule has 2 aromatic heterocycles. The summed E-state index contributed by atoms with van der Waals surface area (Å²) in [5.74, 6) is -0.166. The summed E-state index contributed by atoms with van der Waals surface area (Å²) in [6.45, 7) is 8.03. The molecule has 4 aromatic carbocycles. The molecule has 0 unspecified atom stereocenters. The van der Waals surface area contributed by atoms with Gasteiger partial charge < -0.3 is 16.0 Å². The molecule has 8 nitrogen and oxygen atoms in total. The summed E-state index contributed by atoms with van der Waals surface area (Å²) < 4.78 is 37.0. The third-order valence-corrected chi connectivity index (χ3v) is 10.4. The molecule has 0 aliphatic rings. The molecule has 43 heavy (non-hydrogen) atoms. The van der Waals surface area contributed by atoms with Gasteiger partial charge in [0.15, 0.2) is 0 Å². The monoisotopic (exact) mass is 630 g/mol. The smallest absolute Gasteiger partial charge is 0.255 e. The van der Waals surface area contributed by atoms with Gasteiger partial charge in [-0.05, 0) is 84.1 Å². The van der Waals surface area contributed by atoms with Crippen LogP contribution < -0.4 is 11.5 Å². The average Bonchev–Trinajstić information content (AvgIpc) is 3.56. The van der Waals surface area contributed by atoms with Gasteiger partial charge >= 0.3 is 0 Å². The van der Waals surface area contributed by atoms with Crippen LogP contribution in [0.4, 0.5) is 5.69 Å². The van der Waals surface area contributed by atoms with Crippen molar-refractivity contribution in [1.82, 2.24) is 16.1 Å². The van der Waals surface area contributed by atoms with Crippen LogP contribution in [0.5, 0.6) is 0 Å². The van der Waals surface area contributed by atoms with Crippen LogP contribution in [0.1, 0.15) is 42.3 Å². The van der Waals surface area contributed by atoms with E-state index in [0.29, 0.717) is 32.0 Å². The molecule has 11 heteroatoms. The first-order chi connectivity index (χ1) is 19.9. The quantitative estimate of drug-likeness (QED) is 0.183. The number of quaternary nitrogens is 1. The number of carbonyl (C=O) groups excluding carboxylic acids is 1. The normalized spacial score (nSPS) is 11.9. The summed E-state index contributed by atoms with van der Waals surface area (Å²) >= 11 is 2.72. The zero-order chi connectivity index (χ0) is 29.8. The second kappa shape index (κ2) is 11.3. The molecule has 220 valence electrons. The van der Waals surface area contributed by atoms with E-state index in [1.807, 2.05) is 66.7 Å². The number of fused-ring (bicyclic) bond motifs is 2. The molecule has 0 bridgehead atoms. The number of nitrogens with zero attached hydrogens (tertiary/aromatic N) is 2. The van der Waals surface area contributed by atoms with Crippen molar-refractivity contribution in [3.63, 3.8) is 0 Å². The van der Waals surface area contributed by atoms with Gasteiger partial charge in [0.1, 0.15) is 20.1 Å². The number of anilines is 1. The van der Waals surface area contributed by atoms with Crippen molar-refractivity contribution >= 4 is 64.8 Å². The van der Waals surface area contributed by atoms with Crippen LogP contribution in [-0.2, 0) is 15.5 Å². The van der Waals surface area contributed by atoms with Crippen molar-refractivity contribution in [2.75, 3.05) is 5.32 Å². The molecule has 0 saturated heterocycles. The number of hydrogen-bond acceptors (Lipinski definition) is 8. The standard InChI is InChI=1S/C32H27N3O4S3.H3N/c1-18-5-15-25-27(28(18)42(37,38)39)41-31(35-25)21-10-16-24-26(17-21)40-30(34-24)20-8-13-23(14-9-20)33-29(36)19-6-11-22(12-7-19)32(2,3)4;/h5-17H,1-4H3,(H,33,36)(H,37,38,39);1H3. The van der Waals surface area contributed by atoms with E-state index in [1.54, 1.807) is 19.1 Å². The zero-order valence-corrected chi connectivity index (χ0v) is 26.7. The highest BCUT2D eigenvalue weighted by Crippen LogP contribution is 2.38. The SMILES string of the molecule is Cc1ccc2nc(-c3ccc4nc(-c5ccc(NC(=O)c6ccc(C(C)(C)C)cc6)cc5)sc4c3)sc2c1S(=O)(=O)[O-].[NH4+]. The highest BCUT2D eigenvalue weighted by molar-refractivity contribution is 7.86. The zero-order valence-electron chi connectivity index (χ0n) is 24.3. The number of aryl methyl sites for hydroxylation is 1. The van der Waals surface area contributed by atoms with E-state index in [0.717, 1.165) is 26.4 Å². The Morgan fingerprint density at radius 1 is 0.814 bits per heavy atom. The molecule has 1 amide bonds. The molecular formula is C32H30N4O4S3. The van der Waals surface area contributed by atoms with Crippen molar-refractivity contribution in [3.8, 4) is 21.1 Å². The number of aromatic nitrogens is 2. The minimum Gasteiger partial charge on any atom is -0.744 e. The van der Waals surface area contributed by atoms with Crippen LogP contribution >= 0.6 is 22.7 Å². The third kappa shape index (κ3) is 6.08. The van der Waals surface area contributed by atoms with E-state index < -0.39 is 10.1 Å². The van der Waals surface area contributed by atoms with E-state index in [4.69, 9.17) is 4.98 Å². The topological polar surface area (TPSA) is 149 Å². The van der Waals surface area contributed by atoms with Crippen molar-refractivity contribution in [2.24, 2.45) is 0 Å².